The Bertz CT molecular complexity index is 516. The van der Waals surface area contributed by atoms with Crippen LogP contribution in [0.4, 0.5) is 5.69 Å². The standard InChI is InChI=1S/C14H20N2O4/c1-4-14(3,7-8-17)15-13(18)12-6-5-11(16(19)20)9-10(12)2/h5-6,9,17H,4,7-8H2,1-3H3,(H,15,18). The Morgan fingerprint density at radius 2 is 2.15 bits per heavy atom. The number of nitro benzene ring substituents is 1. The molecule has 2 N–H and O–H groups in total. The van der Waals surface area contributed by atoms with Crippen molar-refractivity contribution in [2.75, 3.05) is 6.61 Å². The molecule has 0 aromatic heterocycles. The number of amides is 1. The molecule has 0 radical (unpaired) electrons. The average Bonchev–Trinajstić information content (AvgIpc) is 2.38. The number of aryl methyl sites for hydroxylation is 1. The first-order valence-electron chi connectivity index (χ1n) is 6.51. The minimum atomic E-state index is -0.489. The highest BCUT2D eigenvalue weighted by Crippen LogP contribution is 2.19. The lowest BCUT2D eigenvalue weighted by atomic mass is 9.94. The summed E-state index contributed by atoms with van der Waals surface area (Å²) in [4.78, 5) is 22.4. The van der Waals surface area contributed by atoms with Crippen molar-refractivity contribution in [3.8, 4) is 0 Å². The van der Waals surface area contributed by atoms with Crippen molar-refractivity contribution < 1.29 is 14.8 Å². The Balaban J connectivity index is 2.95. The second-order valence-electron chi connectivity index (χ2n) is 5.10. The van der Waals surface area contributed by atoms with Gasteiger partial charge in [0, 0.05) is 29.8 Å². The summed E-state index contributed by atoms with van der Waals surface area (Å²) in [6, 6.07) is 4.15. The monoisotopic (exact) mass is 280 g/mol. The Labute approximate surface area is 118 Å². The van der Waals surface area contributed by atoms with Crippen molar-refractivity contribution in [1.29, 1.82) is 0 Å². The van der Waals surface area contributed by atoms with Gasteiger partial charge in [-0.25, -0.2) is 0 Å². The summed E-state index contributed by atoms with van der Waals surface area (Å²) in [7, 11) is 0. The van der Waals surface area contributed by atoms with Crippen molar-refractivity contribution in [2.45, 2.75) is 39.2 Å². The van der Waals surface area contributed by atoms with Gasteiger partial charge >= 0.3 is 0 Å². The van der Waals surface area contributed by atoms with Crippen molar-refractivity contribution in [2.24, 2.45) is 0 Å². The van der Waals surface area contributed by atoms with Gasteiger partial charge in [-0.2, -0.15) is 0 Å². The van der Waals surface area contributed by atoms with Gasteiger partial charge in [0.25, 0.3) is 11.6 Å². The van der Waals surface area contributed by atoms with Gasteiger partial charge in [-0.3, -0.25) is 14.9 Å². The zero-order chi connectivity index (χ0) is 15.3. The van der Waals surface area contributed by atoms with Crippen LogP contribution in [0.2, 0.25) is 0 Å². The largest absolute Gasteiger partial charge is 0.396 e. The zero-order valence-corrected chi connectivity index (χ0v) is 12.0. The number of aliphatic hydroxyl groups excluding tert-OH is 1. The summed E-state index contributed by atoms with van der Waals surface area (Å²) >= 11 is 0. The number of carbonyl (C=O) groups excluding carboxylic acids is 1. The first kappa shape index (κ1) is 16.1. The molecule has 1 aromatic rings. The molecule has 1 atom stereocenters. The molecule has 1 amide bonds. The summed E-state index contributed by atoms with van der Waals surface area (Å²) in [5, 5.41) is 22.6. The molecule has 0 aliphatic heterocycles. The number of hydrogen-bond acceptors (Lipinski definition) is 4. The predicted octanol–water partition coefficient (Wildman–Crippen LogP) is 2.18. The molecule has 0 fully saturated rings. The van der Waals surface area contributed by atoms with Crippen LogP contribution in [0.1, 0.15) is 42.6 Å². The summed E-state index contributed by atoms with van der Waals surface area (Å²) in [5.41, 5.74) is 0.445. The normalized spacial score (nSPS) is 13.6. The predicted molar refractivity (Wildman–Crippen MR) is 75.7 cm³/mol. The fourth-order valence-corrected chi connectivity index (χ4v) is 1.93. The third kappa shape index (κ3) is 3.77. The highest BCUT2D eigenvalue weighted by Gasteiger charge is 2.25. The first-order chi connectivity index (χ1) is 9.33. The van der Waals surface area contributed by atoms with Crippen LogP contribution < -0.4 is 5.32 Å². The fraction of sp³-hybridized carbons (Fsp3) is 0.500. The number of non-ortho nitro benzene ring substituents is 1. The third-order valence-electron chi connectivity index (χ3n) is 3.52. The lowest BCUT2D eigenvalue weighted by Crippen LogP contribution is -2.46. The molecule has 0 saturated carbocycles. The maximum Gasteiger partial charge on any atom is 0.269 e. The van der Waals surface area contributed by atoms with Crippen molar-refractivity contribution in [3.63, 3.8) is 0 Å². The molecule has 0 saturated heterocycles. The van der Waals surface area contributed by atoms with E-state index < -0.39 is 10.5 Å². The highest BCUT2D eigenvalue weighted by atomic mass is 16.6. The second kappa shape index (κ2) is 6.47. The van der Waals surface area contributed by atoms with Crippen LogP contribution in [-0.4, -0.2) is 28.1 Å². The van der Waals surface area contributed by atoms with E-state index in [4.69, 9.17) is 5.11 Å². The van der Waals surface area contributed by atoms with E-state index in [9.17, 15) is 14.9 Å². The minimum absolute atomic E-state index is 0.0101. The Kier molecular flexibility index (Phi) is 5.21. The first-order valence-corrected chi connectivity index (χ1v) is 6.51. The number of nitrogens with zero attached hydrogens (tertiary/aromatic N) is 1. The van der Waals surface area contributed by atoms with E-state index in [1.165, 1.54) is 18.2 Å². The van der Waals surface area contributed by atoms with E-state index in [1.54, 1.807) is 6.92 Å². The fourth-order valence-electron chi connectivity index (χ4n) is 1.93. The van der Waals surface area contributed by atoms with Crippen LogP contribution >= 0.6 is 0 Å². The van der Waals surface area contributed by atoms with E-state index in [0.717, 1.165) is 0 Å². The van der Waals surface area contributed by atoms with Gasteiger partial charge in [-0.05, 0) is 38.3 Å². The van der Waals surface area contributed by atoms with Gasteiger partial charge < -0.3 is 10.4 Å². The molecule has 6 nitrogen and oxygen atoms in total. The van der Waals surface area contributed by atoms with Crippen LogP contribution in [0.25, 0.3) is 0 Å². The quantitative estimate of drug-likeness (QED) is 0.617. The van der Waals surface area contributed by atoms with E-state index in [-0.39, 0.29) is 18.2 Å². The molecular formula is C14H20N2O4. The Morgan fingerprint density at radius 1 is 1.50 bits per heavy atom. The number of benzene rings is 1. The lowest BCUT2D eigenvalue weighted by Gasteiger charge is -2.29. The summed E-state index contributed by atoms with van der Waals surface area (Å²) in [6.07, 6.45) is 1.15. The van der Waals surface area contributed by atoms with Crippen molar-refractivity contribution in [3.05, 3.63) is 39.4 Å². The molecule has 1 rings (SSSR count). The molecule has 20 heavy (non-hydrogen) atoms. The van der Waals surface area contributed by atoms with E-state index in [2.05, 4.69) is 5.32 Å². The molecule has 1 aromatic carbocycles. The van der Waals surface area contributed by atoms with E-state index in [0.29, 0.717) is 24.0 Å². The molecule has 0 aliphatic carbocycles. The van der Waals surface area contributed by atoms with E-state index in [1.807, 2.05) is 13.8 Å². The van der Waals surface area contributed by atoms with Gasteiger partial charge in [0.05, 0.1) is 4.92 Å². The molecule has 0 heterocycles. The maximum atomic E-state index is 12.2. The van der Waals surface area contributed by atoms with Gasteiger partial charge in [-0.15, -0.1) is 0 Å². The van der Waals surface area contributed by atoms with Crippen molar-refractivity contribution in [1.82, 2.24) is 5.32 Å². The number of nitrogens with one attached hydrogen (secondary N) is 1. The SMILES string of the molecule is CCC(C)(CCO)NC(=O)c1ccc([N+](=O)[O-])cc1C. The topological polar surface area (TPSA) is 92.5 Å². The molecule has 0 bridgehead atoms. The van der Waals surface area contributed by atoms with Crippen LogP contribution in [0.5, 0.6) is 0 Å². The van der Waals surface area contributed by atoms with Crippen LogP contribution in [0.15, 0.2) is 18.2 Å². The average molecular weight is 280 g/mol. The molecule has 6 heteroatoms. The summed E-state index contributed by atoms with van der Waals surface area (Å²) in [5.74, 6) is -0.282. The van der Waals surface area contributed by atoms with Crippen molar-refractivity contribution >= 4 is 11.6 Å². The summed E-state index contributed by atoms with van der Waals surface area (Å²) in [6.45, 7) is 5.45. The number of rotatable bonds is 6. The van der Waals surface area contributed by atoms with Gasteiger partial charge in [0.1, 0.15) is 0 Å². The molecule has 0 spiro atoms. The third-order valence-corrected chi connectivity index (χ3v) is 3.52. The number of aliphatic hydroxyl groups is 1. The Hall–Kier alpha value is -1.95. The number of carbonyl (C=O) groups is 1. The van der Waals surface area contributed by atoms with Gasteiger partial charge in [0.15, 0.2) is 0 Å². The lowest BCUT2D eigenvalue weighted by molar-refractivity contribution is -0.384. The maximum absolute atomic E-state index is 12.2. The van der Waals surface area contributed by atoms with Gasteiger partial charge in [-0.1, -0.05) is 6.92 Å². The number of hydrogen-bond donors (Lipinski definition) is 2. The number of nitro groups is 1. The summed E-state index contributed by atoms with van der Waals surface area (Å²) < 4.78 is 0. The van der Waals surface area contributed by atoms with Gasteiger partial charge in [0.2, 0.25) is 0 Å². The van der Waals surface area contributed by atoms with Crippen LogP contribution in [-0.2, 0) is 0 Å². The van der Waals surface area contributed by atoms with Crippen LogP contribution in [0.3, 0.4) is 0 Å². The van der Waals surface area contributed by atoms with E-state index >= 15 is 0 Å². The second-order valence-corrected chi connectivity index (χ2v) is 5.10. The highest BCUT2D eigenvalue weighted by molar-refractivity contribution is 5.96. The molecule has 0 aliphatic rings. The molecular weight excluding hydrogens is 260 g/mol. The molecule has 110 valence electrons. The molecule has 1 unspecified atom stereocenters. The zero-order valence-electron chi connectivity index (χ0n) is 12.0. The van der Waals surface area contributed by atoms with Crippen LogP contribution in [0, 0.1) is 17.0 Å². The Morgan fingerprint density at radius 3 is 2.60 bits per heavy atom. The minimum Gasteiger partial charge on any atom is -0.396 e. The smallest absolute Gasteiger partial charge is 0.269 e.